The van der Waals surface area contributed by atoms with Gasteiger partial charge in [-0.15, -0.1) is 0 Å². The molecule has 0 radical (unpaired) electrons. The molecule has 220 valence electrons. The maximum Gasteiger partial charge on any atom is 0.320 e. The molecule has 5 N–H and O–H groups in total. The number of benzene rings is 1. The average molecular weight is 571 g/mol. The fraction of sp³-hybridized carbons (Fsp3) is 0.615. The fourth-order valence-electron chi connectivity index (χ4n) is 3.59. The second kappa shape index (κ2) is 15.5. The summed E-state index contributed by atoms with van der Waals surface area (Å²) in [6.07, 6.45) is -0.0995. The van der Waals surface area contributed by atoms with Crippen LogP contribution < -0.4 is 21.3 Å². The summed E-state index contributed by atoms with van der Waals surface area (Å²) in [6.45, 7) is 7.75. The number of carbonyl (C=O) groups excluding carboxylic acids is 4. The lowest BCUT2D eigenvalue weighted by Crippen LogP contribution is -2.57. The first kappa shape index (κ1) is 34.0. The monoisotopic (exact) mass is 570 g/mol. The molecule has 1 rings (SSSR count). The highest BCUT2D eigenvalue weighted by Crippen LogP contribution is 2.11. The normalized spacial score (nSPS) is 14.8. The third-order valence-corrected chi connectivity index (χ3v) is 6.31. The van der Waals surface area contributed by atoms with Gasteiger partial charge in [-0.1, -0.05) is 43.7 Å². The van der Waals surface area contributed by atoms with E-state index in [4.69, 9.17) is 4.74 Å². The van der Waals surface area contributed by atoms with Crippen molar-refractivity contribution in [3.05, 3.63) is 35.9 Å². The van der Waals surface area contributed by atoms with Crippen LogP contribution in [0, 0.1) is 0 Å². The van der Waals surface area contributed by atoms with Crippen LogP contribution >= 0.6 is 0 Å². The largest absolute Gasteiger partial charge is 0.459 e. The van der Waals surface area contributed by atoms with Crippen molar-refractivity contribution in [1.29, 1.82) is 0 Å². The van der Waals surface area contributed by atoms with E-state index in [0.717, 1.165) is 11.8 Å². The van der Waals surface area contributed by atoms with Crippen molar-refractivity contribution < 1.29 is 37.4 Å². The Kier molecular flexibility index (Phi) is 13.5. The number of hydrogen-bond acceptors (Lipinski definition) is 9. The van der Waals surface area contributed by atoms with E-state index >= 15 is 0 Å². The number of rotatable bonds is 15. The summed E-state index contributed by atoms with van der Waals surface area (Å²) < 4.78 is 29.0. The summed E-state index contributed by atoms with van der Waals surface area (Å²) in [6, 6.07) is 6.53. The maximum absolute atomic E-state index is 13.0. The summed E-state index contributed by atoms with van der Waals surface area (Å²) in [5.41, 5.74) is 0.111. The van der Waals surface area contributed by atoms with Crippen LogP contribution in [0.5, 0.6) is 0 Å². The Labute approximate surface area is 230 Å². The van der Waals surface area contributed by atoms with Crippen LogP contribution in [-0.2, 0) is 33.8 Å². The molecule has 4 atom stereocenters. The van der Waals surface area contributed by atoms with Crippen LogP contribution in [-0.4, -0.2) is 86.1 Å². The number of nitrogens with one attached hydrogen (secondary N) is 4. The molecule has 0 aliphatic rings. The van der Waals surface area contributed by atoms with Crippen LogP contribution in [0.1, 0.15) is 59.1 Å². The van der Waals surface area contributed by atoms with Crippen molar-refractivity contribution in [2.75, 3.05) is 25.1 Å². The Bertz CT molecular complexity index is 1070. The summed E-state index contributed by atoms with van der Waals surface area (Å²) in [5.74, 6) is -3.47. The van der Waals surface area contributed by atoms with Gasteiger partial charge in [-0.3, -0.25) is 24.5 Å². The van der Waals surface area contributed by atoms with Gasteiger partial charge in [0.15, 0.2) is 6.10 Å². The molecule has 0 aliphatic heterocycles. The third kappa shape index (κ3) is 14.1. The van der Waals surface area contributed by atoms with Crippen LogP contribution in [0.4, 0.5) is 0 Å². The number of carbonyl (C=O) groups is 4. The minimum Gasteiger partial charge on any atom is -0.459 e. The smallest absolute Gasteiger partial charge is 0.320 e. The Morgan fingerprint density at radius 1 is 1.00 bits per heavy atom. The Morgan fingerprint density at radius 3 is 2.15 bits per heavy atom. The van der Waals surface area contributed by atoms with Crippen LogP contribution in [0.15, 0.2) is 30.3 Å². The zero-order valence-electron chi connectivity index (χ0n) is 23.4. The second-order valence-corrected chi connectivity index (χ2v) is 12.6. The van der Waals surface area contributed by atoms with Gasteiger partial charge in [0, 0.05) is 6.26 Å². The van der Waals surface area contributed by atoms with E-state index in [1.165, 1.54) is 0 Å². The first-order valence-corrected chi connectivity index (χ1v) is 14.8. The van der Waals surface area contributed by atoms with Gasteiger partial charge in [0.2, 0.25) is 11.8 Å². The molecule has 0 aliphatic carbocycles. The van der Waals surface area contributed by atoms with Gasteiger partial charge >= 0.3 is 5.97 Å². The second-order valence-electron chi connectivity index (χ2n) is 10.4. The number of esters is 1. The first-order chi connectivity index (χ1) is 18.0. The highest BCUT2D eigenvalue weighted by Gasteiger charge is 2.31. The molecule has 3 amide bonds. The van der Waals surface area contributed by atoms with Crippen molar-refractivity contribution >= 4 is 33.5 Å². The topological polar surface area (TPSA) is 180 Å². The van der Waals surface area contributed by atoms with E-state index in [1.54, 1.807) is 34.6 Å². The summed E-state index contributed by atoms with van der Waals surface area (Å²) in [5, 5.41) is 20.8. The molecule has 0 spiro atoms. The number of ether oxygens (including phenoxy) is 1. The third-order valence-electron chi connectivity index (χ3n) is 5.38. The molecule has 1 aromatic carbocycles. The van der Waals surface area contributed by atoms with E-state index in [-0.39, 0.29) is 12.5 Å². The van der Waals surface area contributed by atoms with Gasteiger partial charge < -0.3 is 25.8 Å². The Morgan fingerprint density at radius 2 is 1.62 bits per heavy atom. The summed E-state index contributed by atoms with van der Waals surface area (Å²) in [7, 11) is -3.65. The molecular weight excluding hydrogens is 528 g/mol. The predicted molar refractivity (Wildman–Crippen MR) is 146 cm³/mol. The van der Waals surface area contributed by atoms with Gasteiger partial charge in [-0.25, -0.2) is 8.42 Å². The molecule has 3 unspecified atom stereocenters. The quantitative estimate of drug-likeness (QED) is 0.181. The van der Waals surface area contributed by atoms with E-state index in [1.807, 2.05) is 30.3 Å². The van der Waals surface area contributed by atoms with Crippen LogP contribution in [0.3, 0.4) is 0 Å². The lowest BCUT2D eigenvalue weighted by Gasteiger charge is -2.26. The highest BCUT2D eigenvalue weighted by atomic mass is 32.2. The number of sulfone groups is 1. The maximum atomic E-state index is 13.0. The van der Waals surface area contributed by atoms with E-state index in [0.29, 0.717) is 6.42 Å². The van der Waals surface area contributed by atoms with E-state index < -0.39 is 76.2 Å². The van der Waals surface area contributed by atoms with Gasteiger partial charge in [-0.05, 0) is 39.7 Å². The number of aliphatic hydroxyl groups excluding tert-OH is 1. The zero-order chi connectivity index (χ0) is 29.8. The van der Waals surface area contributed by atoms with Crippen molar-refractivity contribution in [2.45, 2.75) is 77.3 Å². The predicted octanol–water partition coefficient (Wildman–Crippen LogP) is -0.0297. The molecule has 13 heteroatoms. The number of aliphatic hydroxyl groups is 1. The summed E-state index contributed by atoms with van der Waals surface area (Å²) >= 11 is 0. The van der Waals surface area contributed by atoms with E-state index in [2.05, 4.69) is 21.3 Å². The molecule has 0 aromatic heterocycles. The minimum atomic E-state index is -3.65. The molecule has 0 saturated carbocycles. The number of amides is 3. The molecule has 0 fully saturated rings. The molecule has 1 aromatic rings. The molecular formula is C26H42N4O8S. The van der Waals surface area contributed by atoms with E-state index in [9.17, 15) is 32.7 Å². The lowest BCUT2D eigenvalue weighted by molar-refractivity contribution is -0.153. The van der Waals surface area contributed by atoms with Crippen LogP contribution in [0.25, 0.3) is 0 Å². The Balaban J connectivity index is 2.79. The number of hydrogen-bond donors (Lipinski definition) is 5. The van der Waals surface area contributed by atoms with Gasteiger partial charge in [0.1, 0.15) is 21.5 Å². The molecule has 39 heavy (non-hydrogen) atoms. The minimum absolute atomic E-state index is 0.190. The fourth-order valence-corrected chi connectivity index (χ4v) is 4.46. The Hall–Kier alpha value is -3.03. The molecule has 0 heterocycles. The van der Waals surface area contributed by atoms with Gasteiger partial charge in [-0.2, -0.15) is 0 Å². The van der Waals surface area contributed by atoms with Crippen molar-refractivity contribution in [3.63, 3.8) is 0 Å². The lowest BCUT2D eigenvalue weighted by atomic mass is 10.0. The standard InChI is InChI=1S/C26H42N4O8S/c1-7-11-19(23(33)25(35)28-14-21(31)29-17(2)18-12-9-8-10-13-18)30-24(34)20(16-39(6,36)37)27-15-22(32)38-26(3,4)5/h8-10,12-13,17,19-20,23,27,33H,7,11,14-16H2,1-6H3,(H,28,35)(H,29,31)(H,30,34)/t17-,19?,20?,23?/m1/s1. The summed E-state index contributed by atoms with van der Waals surface area (Å²) in [4.78, 5) is 49.9. The SMILES string of the molecule is CCCC(NC(=O)C(CS(C)(=O)=O)NCC(=O)OC(C)(C)C)C(O)C(=O)NCC(=O)N[C@H](C)c1ccccc1. The van der Waals surface area contributed by atoms with Gasteiger partial charge in [0.05, 0.1) is 30.9 Å². The average Bonchev–Trinajstić information content (AvgIpc) is 2.83. The van der Waals surface area contributed by atoms with Crippen LogP contribution in [0.2, 0.25) is 0 Å². The molecule has 0 bridgehead atoms. The molecule has 12 nitrogen and oxygen atoms in total. The van der Waals surface area contributed by atoms with Crippen molar-refractivity contribution in [1.82, 2.24) is 21.3 Å². The van der Waals surface area contributed by atoms with Gasteiger partial charge in [0.25, 0.3) is 5.91 Å². The molecule has 0 saturated heterocycles. The zero-order valence-corrected chi connectivity index (χ0v) is 24.3. The van der Waals surface area contributed by atoms with Crippen molar-refractivity contribution in [3.8, 4) is 0 Å². The first-order valence-electron chi connectivity index (χ1n) is 12.8. The van der Waals surface area contributed by atoms with Crippen molar-refractivity contribution in [2.24, 2.45) is 0 Å². The highest BCUT2D eigenvalue weighted by molar-refractivity contribution is 7.90.